The van der Waals surface area contributed by atoms with Crippen LogP contribution in [0.5, 0.6) is 0 Å². The summed E-state index contributed by atoms with van der Waals surface area (Å²) in [5, 5.41) is 15.4. The standard InChI is InChI=1S/C20H19FN2O4/c21-16-10-5-4-9-15(16)13-17(20(27)22-12-6-11-18(24)25)23-19(26)14-7-2-1-3-8-14/h1-5,7-10,13H,6,11-12H2,(H,22,27)(H,23,26)(H,24,25)/p-1/b17-13+. The number of carboxylic acid groups (broad SMARTS) is 1. The van der Waals surface area contributed by atoms with Crippen LogP contribution in [0, 0.1) is 5.82 Å². The number of carbonyl (C=O) groups excluding carboxylic acids is 3. The Bertz CT molecular complexity index is 850. The third-order valence-electron chi connectivity index (χ3n) is 3.58. The molecule has 0 heterocycles. The molecule has 0 aromatic heterocycles. The van der Waals surface area contributed by atoms with E-state index in [4.69, 9.17) is 0 Å². The Morgan fingerprint density at radius 1 is 1.00 bits per heavy atom. The van der Waals surface area contributed by atoms with E-state index in [1.807, 2.05) is 0 Å². The number of benzene rings is 2. The van der Waals surface area contributed by atoms with Crippen molar-refractivity contribution in [3.63, 3.8) is 0 Å². The van der Waals surface area contributed by atoms with Crippen molar-refractivity contribution in [2.24, 2.45) is 0 Å². The number of carbonyl (C=O) groups is 3. The first-order valence-electron chi connectivity index (χ1n) is 8.28. The summed E-state index contributed by atoms with van der Waals surface area (Å²) < 4.78 is 13.9. The lowest BCUT2D eigenvalue weighted by molar-refractivity contribution is -0.305. The van der Waals surface area contributed by atoms with Gasteiger partial charge in [-0.25, -0.2) is 4.39 Å². The summed E-state index contributed by atoms with van der Waals surface area (Å²) in [6, 6.07) is 14.1. The van der Waals surface area contributed by atoms with E-state index in [2.05, 4.69) is 10.6 Å². The summed E-state index contributed by atoms with van der Waals surface area (Å²) in [5.74, 6) is -2.94. The summed E-state index contributed by atoms with van der Waals surface area (Å²) >= 11 is 0. The molecule has 2 aromatic rings. The Morgan fingerprint density at radius 3 is 2.33 bits per heavy atom. The molecule has 0 bridgehead atoms. The Hall–Kier alpha value is -3.48. The van der Waals surface area contributed by atoms with Gasteiger partial charge in [0.05, 0.1) is 0 Å². The Balaban J connectivity index is 2.18. The number of amides is 2. The number of halogens is 1. The van der Waals surface area contributed by atoms with Gasteiger partial charge < -0.3 is 20.5 Å². The van der Waals surface area contributed by atoms with Crippen LogP contribution in [0.15, 0.2) is 60.3 Å². The average Bonchev–Trinajstić information content (AvgIpc) is 2.66. The van der Waals surface area contributed by atoms with E-state index in [0.29, 0.717) is 5.56 Å². The van der Waals surface area contributed by atoms with Gasteiger partial charge in [0, 0.05) is 23.6 Å². The number of nitrogens with one attached hydrogen (secondary N) is 2. The Kier molecular flexibility index (Phi) is 7.25. The monoisotopic (exact) mass is 369 g/mol. The maximum atomic E-state index is 13.9. The Morgan fingerprint density at radius 2 is 1.67 bits per heavy atom. The van der Waals surface area contributed by atoms with Crippen LogP contribution in [0.1, 0.15) is 28.8 Å². The molecule has 0 aliphatic carbocycles. The molecule has 0 fully saturated rings. The minimum absolute atomic E-state index is 0.0721. The zero-order valence-corrected chi connectivity index (χ0v) is 14.4. The first-order valence-corrected chi connectivity index (χ1v) is 8.28. The van der Waals surface area contributed by atoms with Crippen LogP contribution >= 0.6 is 0 Å². The predicted octanol–water partition coefficient (Wildman–Crippen LogP) is 1.24. The first kappa shape index (κ1) is 19.8. The zero-order chi connectivity index (χ0) is 19.6. The van der Waals surface area contributed by atoms with E-state index < -0.39 is 23.6 Å². The smallest absolute Gasteiger partial charge is 0.267 e. The molecule has 2 amide bonds. The molecule has 0 spiro atoms. The van der Waals surface area contributed by atoms with Gasteiger partial charge in [0.2, 0.25) is 0 Å². The Labute approximate surface area is 155 Å². The minimum Gasteiger partial charge on any atom is -0.550 e. The van der Waals surface area contributed by atoms with Crippen molar-refractivity contribution >= 4 is 23.9 Å². The summed E-state index contributed by atoms with van der Waals surface area (Å²) in [5.41, 5.74) is 0.315. The SMILES string of the molecule is O=C([O-])CCCNC(=O)/C(=C\c1ccccc1F)NC(=O)c1ccccc1. The van der Waals surface area contributed by atoms with Gasteiger partial charge in [-0.1, -0.05) is 36.4 Å². The molecule has 0 unspecified atom stereocenters. The second-order valence-corrected chi connectivity index (χ2v) is 5.63. The zero-order valence-electron chi connectivity index (χ0n) is 14.4. The maximum Gasteiger partial charge on any atom is 0.267 e. The van der Waals surface area contributed by atoms with Gasteiger partial charge in [0.1, 0.15) is 11.5 Å². The fraction of sp³-hybridized carbons (Fsp3) is 0.150. The minimum atomic E-state index is -1.22. The second-order valence-electron chi connectivity index (χ2n) is 5.63. The van der Waals surface area contributed by atoms with Crippen molar-refractivity contribution in [3.8, 4) is 0 Å². The van der Waals surface area contributed by atoms with E-state index in [1.165, 1.54) is 24.3 Å². The van der Waals surface area contributed by atoms with Crippen LogP contribution in [-0.2, 0) is 9.59 Å². The number of hydrogen-bond acceptors (Lipinski definition) is 4. The molecule has 0 radical (unpaired) electrons. The molecule has 7 heteroatoms. The summed E-state index contributed by atoms with van der Waals surface area (Å²) in [4.78, 5) is 35.2. The van der Waals surface area contributed by atoms with Gasteiger partial charge in [-0.3, -0.25) is 9.59 Å². The van der Waals surface area contributed by atoms with Crippen molar-refractivity contribution in [2.75, 3.05) is 6.54 Å². The highest BCUT2D eigenvalue weighted by atomic mass is 19.1. The molecule has 140 valence electrons. The van der Waals surface area contributed by atoms with Crippen molar-refractivity contribution < 1.29 is 23.9 Å². The van der Waals surface area contributed by atoms with Crippen LogP contribution in [0.4, 0.5) is 4.39 Å². The lowest BCUT2D eigenvalue weighted by atomic mass is 10.1. The molecule has 2 N–H and O–H groups in total. The van der Waals surface area contributed by atoms with E-state index in [-0.39, 0.29) is 30.6 Å². The summed E-state index contributed by atoms with van der Waals surface area (Å²) in [7, 11) is 0. The van der Waals surface area contributed by atoms with E-state index >= 15 is 0 Å². The number of rotatable bonds is 8. The summed E-state index contributed by atoms with van der Waals surface area (Å²) in [6.45, 7) is 0.0721. The highest BCUT2D eigenvalue weighted by Gasteiger charge is 2.15. The van der Waals surface area contributed by atoms with Crippen LogP contribution < -0.4 is 15.7 Å². The highest BCUT2D eigenvalue weighted by Crippen LogP contribution is 2.11. The molecule has 0 aliphatic heterocycles. The van der Waals surface area contributed by atoms with E-state index in [0.717, 1.165) is 0 Å². The largest absolute Gasteiger partial charge is 0.550 e. The molecule has 27 heavy (non-hydrogen) atoms. The molecule has 2 rings (SSSR count). The lowest BCUT2D eigenvalue weighted by Crippen LogP contribution is -2.35. The molecule has 2 aromatic carbocycles. The number of carboxylic acids is 1. The van der Waals surface area contributed by atoms with Crippen LogP contribution in [-0.4, -0.2) is 24.3 Å². The summed E-state index contributed by atoms with van der Waals surface area (Å²) in [6.07, 6.45) is 1.20. The van der Waals surface area contributed by atoms with Crippen LogP contribution in [0.2, 0.25) is 0 Å². The van der Waals surface area contributed by atoms with Crippen molar-refractivity contribution in [1.82, 2.24) is 10.6 Å². The molecular formula is C20H18FN2O4-. The fourth-order valence-electron chi connectivity index (χ4n) is 2.22. The molecule has 0 aliphatic rings. The van der Waals surface area contributed by atoms with Gasteiger partial charge in [-0.2, -0.15) is 0 Å². The van der Waals surface area contributed by atoms with Gasteiger partial charge in [-0.05, 0) is 37.1 Å². The highest BCUT2D eigenvalue weighted by molar-refractivity contribution is 6.05. The van der Waals surface area contributed by atoms with Gasteiger partial charge in [0.15, 0.2) is 0 Å². The predicted molar refractivity (Wildman–Crippen MR) is 95.5 cm³/mol. The van der Waals surface area contributed by atoms with Gasteiger partial charge in [0.25, 0.3) is 11.8 Å². The molecule has 0 saturated heterocycles. The average molecular weight is 369 g/mol. The van der Waals surface area contributed by atoms with Gasteiger partial charge >= 0.3 is 0 Å². The third kappa shape index (κ3) is 6.39. The molecule has 0 atom stereocenters. The topological polar surface area (TPSA) is 98.3 Å². The molecular weight excluding hydrogens is 351 g/mol. The maximum absolute atomic E-state index is 13.9. The molecule has 6 nitrogen and oxygen atoms in total. The van der Waals surface area contributed by atoms with Crippen molar-refractivity contribution in [3.05, 3.63) is 77.2 Å². The normalized spacial score (nSPS) is 10.9. The van der Waals surface area contributed by atoms with E-state index in [1.54, 1.807) is 36.4 Å². The van der Waals surface area contributed by atoms with Gasteiger partial charge in [-0.15, -0.1) is 0 Å². The lowest BCUT2D eigenvalue weighted by Gasteiger charge is -2.11. The first-order chi connectivity index (χ1) is 13.0. The van der Waals surface area contributed by atoms with E-state index in [9.17, 15) is 23.9 Å². The van der Waals surface area contributed by atoms with Crippen molar-refractivity contribution in [2.45, 2.75) is 12.8 Å². The van der Waals surface area contributed by atoms with Crippen LogP contribution in [0.3, 0.4) is 0 Å². The van der Waals surface area contributed by atoms with Crippen molar-refractivity contribution in [1.29, 1.82) is 0 Å². The third-order valence-corrected chi connectivity index (χ3v) is 3.58. The quantitative estimate of drug-likeness (QED) is 0.540. The number of hydrogen-bond donors (Lipinski definition) is 2. The van der Waals surface area contributed by atoms with Crippen LogP contribution in [0.25, 0.3) is 6.08 Å². The molecule has 0 saturated carbocycles. The fourth-order valence-corrected chi connectivity index (χ4v) is 2.22. The number of aliphatic carboxylic acids is 1. The second kappa shape index (κ2) is 9.86.